The fourth-order valence-corrected chi connectivity index (χ4v) is 1.79. The highest BCUT2D eigenvalue weighted by atomic mass is 79.9. The lowest BCUT2D eigenvalue weighted by atomic mass is 10.2. The normalized spacial score (nSPS) is 12.5. The molecule has 0 fully saturated rings. The first-order valence-electron chi connectivity index (χ1n) is 4.95. The van der Waals surface area contributed by atoms with Crippen LogP contribution in [0.4, 0.5) is 11.4 Å². The summed E-state index contributed by atoms with van der Waals surface area (Å²) in [4.78, 5) is 0. The van der Waals surface area contributed by atoms with Crippen LogP contribution in [0.3, 0.4) is 0 Å². The molecule has 0 aliphatic heterocycles. The first-order chi connectivity index (χ1) is 6.63. The SMILES string of the molecule is CCCC(C)Nc1cc(N)ccc1Br. The monoisotopic (exact) mass is 256 g/mol. The molecule has 0 saturated heterocycles. The van der Waals surface area contributed by atoms with E-state index in [1.165, 1.54) is 12.8 Å². The van der Waals surface area contributed by atoms with Crippen LogP contribution in [0.25, 0.3) is 0 Å². The van der Waals surface area contributed by atoms with Gasteiger partial charge in [-0.1, -0.05) is 13.3 Å². The van der Waals surface area contributed by atoms with Gasteiger partial charge in [-0.15, -0.1) is 0 Å². The molecule has 1 aromatic carbocycles. The Morgan fingerprint density at radius 1 is 1.50 bits per heavy atom. The largest absolute Gasteiger partial charge is 0.399 e. The average Bonchev–Trinajstić information content (AvgIpc) is 2.12. The molecular formula is C11H17BrN2. The maximum absolute atomic E-state index is 5.72. The van der Waals surface area contributed by atoms with Crippen LogP contribution >= 0.6 is 15.9 Å². The number of halogens is 1. The molecule has 2 nitrogen and oxygen atoms in total. The second-order valence-corrected chi connectivity index (χ2v) is 4.43. The van der Waals surface area contributed by atoms with Crippen molar-refractivity contribution in [3.05, 3.63) is 22.7 Å². The van der Waals surface area contributed by atoms with Gasteiger partial charge in [-0.3, -0.25) is 0 Å². The van der Waals surface area contributed by atoms with Crippen LogP contribution in [0.15, 0.2) is 22.7 Å². The Morgan fingerprint density at radius 2 is 2.21 bits per heavy atom. The van der Waals surface area contributed by atoms with E-state index in [0.29, 0.717) is 6.04 Å². The lowest BCUT2D eigenvalue weighted by Crippen LogP contribution is -2.14. The molecule has 0 heterocycles. The summed E-state index contributed by atoms with van der Waals surface area (Å²) in [5.74, 6) is 0. The Kier molecular flexibility index (Phi) is 4.26. The Labute approximate surface area is 94.0 Å². The van der Waals surface area contributed by atoms with Crippen molar-refractivity contribution in [2.45, 2.75) is 32.7 Å². The van der Waals surface area contributed by atoms with Crippen molar-refractivity contribution >= 4 is 27.3 Å². The molecule has 3 N–H and O–H groups in total. The second-order valence-electron chi connectivity index (χ2n) is 3.57. The Hall–Kier alpha value is -0.700. The van der Waals surface area contributed by atoms with Crippen LogP contribution < -0.4 is 11.1 Å². The number of hydrogen-bond acceptors (Lipinski definition) is 2. The minimum Gasteiger partial charge on any atom is -0.399 e. The molecule has 1 rings (SSSR count). The predicted octanol–water partition coefficient (Wildman–Crippen LogP) is 3.63. The fourth-order valence-electron chi connectivity index (χ4n) is 1.42. The first-order valence-corrected chi connectivity index (χ1v) is 5.74. The van der Waals surface area contributed by atoms with Crippen LogP contribution in [0, 0.1) is 0 Å². The third-order valence-electron chi connectivity index (χ3n) is 2.11. The number of hydrogen-bond donors (Lipinski definition) is 2. The highest BCUT2D eigenvalue weighted by molar-refractivity contribution is 9.10. The predicted molar refractivity (Wildman–Crippen MR) is 66.5 cm³/mol. The summed E-state index contributed by atoms with van der Waals surface area (Å²) in [6, 6.07) is 6.30. The van der Waals surface area contributed by atoms with Crippen molar-refractivity contribution in [1.29, 1.82) is 0 Å². The molecule has 1 unspecified atom stereocenters. The number of nitrogens with two attached hydrogens (primary N) is 1. The minimum atomic E-state index is 0.484. The number of benzene rings is 1. The topological polar surface area (TPSA) is 38.0 Å². The third kappa shape index (κ3) is 3.22. The van der Waals surface area contributed by atoms with Crippen molar-refractivity contribution in [3.63, 3.8) is 0 Å². The van der Waals surface area contributed by atoms with Crippen molar-refractivity contribution in [2.75, 3.05) is 11.1 Å². The van der Waals surface area contributed by atoms with Gasteiger partial charge in [0.25, 0.3) is 0 Å². The van der Waals surface area contributed by atoms with Crippen molar-refractivity contribution in [2.24, 2.45) is 0 Å². The lowest BCUT2D eigenvalue weighted by Gasteiger charge is -2.15. The Morgan fingerprint density at radius 3 is 2.86 bits per heavy atom. The van der Waals surface area contributed by atoms with Crippen LogP contribution in [-0.4, -0.2) is 6.04 Å². The molecule has 0 amide bonds. The third-order valence-corrected chi connectivity index (χ3v) is 2.81. The van der Waals surface area contributed by atoms with Crippen molar-refractivity contribution < 1.29 is 0 Å². The zero-order valence-corrected chi connectivity index (χ0v) is 10.3. The highest BCUT2D eigenvalue weighted by Gasteiger charge is 2.04. The molecule has 1 aromatic rings. The molecule has 3 heteroatoms. The van der Waals surface area contributed by atoms with E-state index in [1.54, 1.807) is 0 Å². The van der Waals surface area contributed by atoms with Gasteiger partial charge in [0.1, 0.15) is 0 Å². The number of rotatable bonds is 4. The summed E-state index contributed by atoms with van der Waals surface area (Å²) in [6.45, 7) is 4.37. The van der Waals surface area contributed by atoms with Gasteiger partial charge in [0.2, 0.25) is 0 Å². The first kappa shape index (κ1) is 11.4. The summed E-state index contributed by atoms with van der Waals surface area (Å²) in [5, 5.41) is 3.43. The highest BCUT2D eigenvalue weighted by Crippen LogP contribution is 2.25. The Balaban J connectivity index is 2.70. The van der Waals surface area contributed by atoms with Gasteiger partial charge >= 0.3 is 0 Å². The van der Waals surface area contributed by atoms with Gasteiger partial charge in [-0.25, -0.2) is 0 Å². The van der Waals surface area contributed by atoms with E-state index in [2.05, 4.69) is 35.1 Å². The van der Waals surface area contributed by atoms with Crippen LogP contribution in [0.5, 0.6) is 0 Å². The minimum absolute atomic E-state index is 0.484. The lowest BCUT2D eigenvalue weighted by molar-refractivity contribution is 0.690. The average molecular weight is 257 g/mol. The van der Waals surface area contributed by atoms with Gasteiger partial charge in [0.05, 0.1) is 5.69 Å². The van der Waals surface area contributed by atoms with Gasteiger partial charge < -0.3 is 11.1 Å². The van der Waals surface area contributed by atoms with Gasteiger partial charge in [0.15, 0.2) is 0 Å². The standard InChI is InChI=1S/C11H17BrN2/c1-3-4-8(2)14-11-7-9(13)5-6-10(11)12/h5-8,14H,3-4,13H2,1-2H3. The zero-order valence-electron chi connectivity index (χ0n) is 8.68. The molecule has 0 spiro atoms. The van der Waals surface area contributed by atoms with E-state index in [1.807, 2.05) is 18.2 Å². The van der Waals surface area contributed by atoms with Crippen molar-refractivity contribution in [1.82, 2.24) is 0 Å². The van der Waals surface area contributed by atoms with Crippen molar-refractivity contribution in [3.8, 4) is 0 Å². The van der Waals surface area contributed by atoms with Crippen LogP contribution in [-0.2, 0) is 0 Å². The summed E-state index contributed by atoms with van der Waals surface area (Å²) >= 11 is 3.49. The summed E-state index contributed by atoms with van der Waals surface area (Å²) in [7, 11) is 0. The molecule has 0 radical (unpaired) electrons. The maximum atomic E-state index is 5.72. The maximum Gasteiger partial charge on any atom is 0.0507 e. The molecule has 0 aliphatic carbocycles. The Bertz CT molecular complexity index is 299. The zero-order chi connectivity index (χ0) is 10.6. The molecule has 0 saturated carbocycles. The van der Waals surface area contributed by atoms with E-state index in [4.69, 9.17) is 5.73 Å². The van der Waals surface area contributed by atoms with Gasteiger partial charge in [-0.2, -0.15) is 0 Å². The molecule has 0 bridgehead atoms. The molecule has 78 valence electrons. The van der Waals surface area contributed by atoms with E-state index in [9.17, 15) is 0 Å². The summed E-state index contributed by atoms with van der Waals surface area (Å²) < 4.78 is 1.06. The number of nitrogens with one attached hydrogen (secondary N) is 1. The molecule has 1 atom stereocenters. The fraction of sp³-hybridized carbons (Fsp3) is 0.455. The van der Waals surface area contributed by atoms with Crippen LogP contribution in [0.1, 0.15) is 26.7 Å². The van der Waals surface area contributed by atoms with E-state index in [-0.39, 0.29) is 0 Å². The summed E-state index contributed by atoms with van der Waals surface area (Å²) in [5.41, 5.74) is 7.58. The van der Waals surface area contributed by atoms with E-state index in [0.717, 1.165) is 15.8 Å². The van der Waals surface area contributed by atoms with E-state index < -0.39 is 0 Å². The molecular weight excluding hydrogens is 240 g/mol. The summed E-state index contributed by atoms with van der Waals surface area (Å²) in [6.07, 6.45) is 2.36. The molecule has 14 heavy (non-hydrogen) atoms. The van der Waals surface area contributed by atoms with Gasteiger partial charge in [-0.05, 0) is 47.5 Å². The van der Waals surface area contributed by atoms with Gasteiger partial charge in [0, 0.05) is 16.2 Å². The molecule has 0 aliphatic rings. The second kappa shape index (κ2) is 5.25. The van der Waals surface area contributed by atoms with Crippen LogP contribution in [0.2, 0.25) is 0 Å². The molecule has 0 aromatic heterocycles. The number of nitrogen functional groups attached to an aromatic ring is 1. The smallest absolute Gasteiger partial charge is 0.0507 e. The quantitative estimate of drug-likeness (QED) is 0.808. The van der Waals surface area contributed by atoms with E-state index >= 15 is 0 Å². The number of anilines is 2.